The molecule has 1 fully saturated rings. The SMILES string of the molecule is Nc1ncnc2c1c(C#CCC(=O)NOCC(=O)O)cn2C1CC(O)C(COP(=O)(O)OP(=O)(O)OP(=O)(O)O)O1. The predicted octanol–water partition coefficient (Wildman–Crippen LogP) is -1.12. The normalized spacial score (nSPS) is 21.9. The summed E-state index contributed by atoms with van der Waals surface area (Å²) in [7, 11) is -16.8. The molecule has 0 radical (unpaired) electrons. The molecule has 1 aliphatic heterocycles. The van der Waals surface area contributed by atoms with E-state index in [9.17, 15) is 38.2 Å². The number of anilines is 1. The number of rotatable bonds is 12. The lowest BCUT2D eigenvalue weighted by molar-refractivity contribution is -0.148. The third-order valence-electron chi connectivity index (χ3n) is 4.82. The topological polar surface area (TPSA) is 322 Å². The van der Waals surface area contributed by atoms with Gasteiger partial charge in [-0.05, 0) is 0 Å². The lowest BCUT2D eigenvalue weighted by atomic mass is 10.2. The lowest BCUT2D eigenvalue weighted by Crippen LogP contribution is -2.26. The van der Waals surface area contributed by atoms with Gasteiger partial charge in [-0.3, -0.25) is 14.2 Å². The van der Waals surface area contributed by atoms with Gasteiger partial charge in [0.25, 0.3) is 5.91 Å². The van der Waals surface area contributed by atoms with Crippen molar-refractivity contribution < 1.29 is 75.8 Å². The zero-order valence-electron chi connectivity index (χ0n) is 20.2. The number of nitrogens with two attached hydrogens (primary N) is 1. The van der Waals surface area contributed by atoms with Crippen LogP contribution in [0.1, 0.15) is 24.6 Å². The van der Waals surface area contributed by atoms with Crippen LogP contribution < -0.4 is 11.2 Å². The molecule has 24 heteroatoms. The van der Waals surface area contributed by atoms with Gasteiger partial charge >= 0.3 is 29.4 Å². The highest BCUT2D eigenvalue weighted by Crippen LogP contribution is 2.66. The number of phosphoric acid groups is 3. The number of hydroxylamine groups is 1. The molecule has 2 aromatic rings. The van der Waals surface area contributed by atoms with Gasteiger partial charge in [0.05, 0.1) is 30.1 Å². The molecule has 5 unspecified atom stereocenters. The second-order valence-electron chi connectivity index (χ2n) is 7.91. The Hall–Kier alpha value is -2.79. The number of carboxylic acids is 1. The number of fused-ring (bicyclic) bond motifs is 1. The third-order valence-corrected chi connectivity index (χ3v) is 8.63. The maximum Gasteiger partial charge on any atom is 0.490 e. The number of carboxylic acid groups (broad SMARTS) is 1. The van der Waals surface area contributed by atoms with E-state index in [2.05, 4.69) is 39.8 Å². The summed E-state index contributed by atoms with van der Waals surface area (Å²) in [6, 6.07) is 0. The van der Waals surface area contributed by atoms with E-state index in [0.29, 0.717) is 0 Å². The maximum absolute atomic E-state index is 12.0. The first-order valence-electron chi connectivity index (χ1n) is 10.8. The van der Waals surface area contributed by atoms with Gasteiger partial charge in [0.1, 0.15) is 30.1 Å². The number of hydrogen-bond acceptors (Lipinski definition) is 14. The zero-order chi connectivity index (χ0) is 30.6. The largest absolute Gasteiger partial charge is 0.490 e. The van der Waals surface area contributed by atoms with Crippen LogP contribution in [0.5, 0.6) is 0 Å². The number of amides is 1. The molecule has 1 aliphatic rings. The number of aliphatic hydroxyl groups is 1. The summed E-state index contributed by atoms with van der Waals surface area (Å²) in [5.41, 5.74) is 8.30. The fourth-order valence-corrected chi connectivity index (χ4v) is 6.39. The smallest absolute Gasteiger partial charge is 0.479 e. The number of nitrogens with one attached hydrogen (secondary N) is 1. The number of nitrogens with zero attached hydrogens (tertiary/aromatic N) is 3. The first-order chi connectivity index (χ1) is 19.0. The number of carbonyl (C=O) groups excluding carboxylic acids is 1. The van der Waals surface area contributed by atoms with Crippen LogP contribution >= 0.6 is 23.5 Å². The Labute approximate surface area is 228 Å². The Kier molecular flexibility index (Phi) is 10.4. The van der Waals surface area contributed by atoms with Gasteiger partial charge in [0, 0.05) is 12.6 Å². The predicted molar refractivity (Wildman–Crippen MR) is 130 cm³/mol. The third kappa shape index (κ3) is 9.63. The van der Waals surface area contributed by atoms with Gasteiger partial charge in [-0.15, -0.1) is 0 Å². The van der Waals surface area contributed by atoms with Gasteiger partial charge < -0.3 is 44.8 Å². The van der Waals surface area contributed by atoms with Crippen LogP contribution in [-0.4, -0.2) is 81.6 Å². The first-order valence-corrected chi connectivity index (χ1v) is 15.3. The van der Waals surface area contributed by atoms with Crippen LogP contribution in [0, 0.1) is 11.8 Å². The van der Waals surface area contributed by atoms with E-state index in [1.54, 1.807) is 0 Å². The molecule has 0 bridgehead atoms. The number of aliphatic carboxylic acids is 1. The number of aliphatic hydroxyl groups excluding tert-OH is 1. The van der Waals surface area contributed by atoms with Crippen molar-refractivity contribution >= 4 is 52.2 Å². The fourth-order valence-electron chi connectivity index (χ4n) is 3.36. The molecular weight excluding hydrogens is 623 g/mol. The summed E-state index contributed by atoms with van der Waals surface area (Å²) in [5, 5.41) is 19.2. The molecule has 226 valence electrons. The molecular formula is C17H22N5O16P3. The Bertz CT molecular complexity index is 1510. The van der Waals surface area contributed by atoms with Crippen molar-refractivity contribution in [2.24, 2.45) is 0 Å². The van der Waals surface area contributed by atoms with Crippen molar-refractivity contribution in [2.75, 3.05) is 18.9 Å². The van der Waals surface area contributed by atoms with Crippen LogP contribution in [-0.2, 0) is 46.0 Å². The molecule has 41 heavy (non-hydrogen) atoms. The van der Waals surface area contributed by atoms with Crippen LogP contribution in [0.15, 0.2) is 12.5 Å². The standard InChI is InChI=1S/C17H22N5O16P3/c18-16-15-9(2-1-3-12(24)21-34-7-14(25)26)5-22(17(15)20-8-19-16)13-4-10(23)11(36-13)6-35-40(30,31)38-41(32,33)37-39(27,28)29/h5,8,10-11,13,23H,3-4,6-7H2,(H,21,24)(H,25,26)(H,30,31)(H,32,33)(H2,18,19,20)(H2,27,28,29). The molecule has 1 saturated heterocycles. The van der Waals surface area contributed by atoms with Gasteiger partial charge in [-0.25, -0.2) is 33.9 Å². The minimum atomic E-state index is -5.73. The van der Waals surface area contributed by atoms with E-state index >= 15 is 0 Å². The monoisotopic (exact) mass is 645 g/mol. The number of hydrogen-bond donors (Lipinski definition) is 8. The van der Waals surface area contributed by atoms with E-state index in [0.717, 1.165) is 6.33 Å². The Morgan fingerprint density at radius 2 is 1.88 bits per heavy atom. The highest BCUT2D eigenvalue weighted by Gasteiger charge is 2.43. The summed E-state index contributed by atoms with van der Waals surface area (Å²) in [6.45, 7) is -1.64. The van der Waals surface area contributed by atoms with Gasteiger partial charge in [0.2, 0.25) is 0 Å². The van der Waals surface area contributed by atoms with E-state index in [1.807, 2.05) is 5.48 Å². The average Bonchev–Trinajstić information content (AvgIpc) is 3.36. The maximum atomic E-state index is 12.0. The van der Waals surface area contributed by atoms with E-state index in [-0.39, 0.29) is 35.3 Å². The van der Waals surface area contributed by atoms with Gasteiger partial charge in [-0.2, -0.15) is 8.62 Å². The molecule has 0 aromatic carbocycles. The molecule has 21 nitrogen and oxygen atoms in total. The number of phosphoric ester groups is 1. The zero-order valence-corrected chi connectivity index (χ0v) is 22.9. The van der Waals surface area contributed by atoms with Crippen molar-refractivity contribution in [3.63, 3.8) is 0 Å². The molecule has 2 aromatic heterocycles. The minimum absolute atomic E-state index is 0.00930. The molecule has 1 amide bonds. The Morgan fingerprint density at radius 1 is 1.17 bits per heavy atom. The molecule has 9 N–H and O–H groups in total. The minimum Gasteiger partial charge on any atom is -0.479 e. The van der Waals surface area contributed by atoms with Crippen molar-refractivity contribution in [3.05, 3.63) is 18.1 Å². The first kappa shape index (κ1) is 32.7. The number of nitrogen functional groups attached to an aromatic ring is 1. The van der Waals surface area contributed by atoms with E-state index in [1.165, 1.54) is 10.8 Å². The van der Waals surface area contributed by atoms with E-state index < -0.39 is 67.0 Å². The summed E-state index contributed by atoms with van der Waals surface area (Å²) >= 11 is 0. The van der Waals surface area contributed by atoms with Crippen molar-refractivity contribution in [2.45, 2.75) is 31.3 Å². The highest BCUT2D eigenvalue weighted by molar-refractivity contribution is 7.66. The second-order valence-corrected chi connectivity index (χ2v) is 12.3. The van der Waals surface area contributed by atoms with Crippen molar-refractivity contribution in [1.29, 1.82) is 0 Å². The molecule has 3 rings (SSSR count). The number of carbonyl (C=O) groups is 2. The van der Waals surface area contributed by atoms with Gasteiger partial charge in [0.15, 0.2) is 6.61 Å². The van der Waals surface area contributed by atoms with Crippen LogP contribution in [0.3, 0.4) is 0 Å². The summed E-state index contributed by atoms with van der Waals surface area (Å²) in [4.78, 5) is 70.7. The summed E-state index contributed by atoms with van der Waals surface area (Å²) < 4.78 is 53.0. The van der Waals surface area contributed by atoms with E-state index in [4.69, 9.17) is 25.4 Å². The number of ether oxygens (including phenoxy) is 1. The van der Waals surface area contributed by atoms with Gasteiger partial charge in [-0.1, -0.05) is 11.8 Å². The van der Waals surface area contributed by atoms with Crippen LogP contribution in [0.25, 0.3) is 11.0 Å². The molecule has 0 aliphatic carbocycles. The Morgan fingerprint density at radius 3 is 2.54 bits per heavy atom. The van der Waals surface area contributed by atoms with Crippen LogP contribution in [0.2, 0.25) is 0 Å². The number of aromatic nitrogens is 3. The molecule has 0 spiro atoms. The molecule has 0 saturated carbocycles. The molecule has 3 heterocycles. The lowest BCUT2D eigenvalue weighted by Gasteiger charge is -2.19. The summed E-state index contributed by atoms with van der Waals surface area (Å²) in [5.74, 6) is 3.23. The summed E-state index contributed by atoms with van der Waals surface area (Å²) in [6.07, 6.45) is -1.59. The molecule has 5 atom stereocenters. The second kappa shape index (κ2) is 13.0. The van der Waals surface area contributed by atoms with Crippen LogP contribution in [0.4, 0.5) is 5.82 Å². The van der Waals surface area contributed by atoms with Crippen molar-refractivity contribution in [1.82, 2.24) is 20.0 Å². The van der Waals surface area contributed by atoms with Crippen molar-refractivity contribution in [3.8, 4) is 11.8 Å². The highest BCUT2D eigenvalue weighted by atomic mass is 31.3. The quantitative estimate of drug-likeness (QED) is 0.0769. The fraction of sp³-hybridized carbons (Fsp3) is 0.412. The Balaban J connectivity index is 1.71. The average molecular weight is 645 g/mol.